The van der Waals surface area contributed by atoms with Crippen LogP contribution in [0.4, 0.5) is 0 Å². The molecule has 53 heavy (non-hydrogen) atoms. The zero-order valence-corrected chi connectivity index (χ0v) is 34.0. The number of ether oxygens (including phenoxy) is 2. The molecule has 300 valence electrons. The molecule has 13 nitrogen and oxygen atoms in total. The number of nitrogens with zero attached hydrogens (tertiary/aromatic N) is 3. The number of likely N-dealkylation sites (tertiary alicyclic amines) is 1. The maximum absolute atomic E-state index is 14.2. The molecule has 5 N–H and O–H groups in total. The van der Waals surface area contributed by atoms with Crippen LogP contribution in [0.15, 0.2) is 30.3 Å². The third-order valence-corrected chi connectivity index (χ3v) is 11.1. The van der Waals surface area contributed by atoms with Crippen molar-refractivity contribution in [3.05, 3.63) is 35.9 Å². The second-order valence-corrected chi connectivity index (χ2v) is 15.5. The standard InChI is InChI=1S/C40H68N6O7/c1-12-25(4)36(45(9)40(51)34(27(6)41)43-39(50)35(24(2)3)44(7)8)32(52-10)23-33(48)46-20-16-19-30(46)37(53-11)26(5)31(47)22-29(38(42)49)21-28-17-14-13-15-18-28/h13-15,17-18,24-27,29-30,32,34-37H,12,16,19-23,41H2,1-11H3,(H2,42,49)(H,43,50)/t25-,26-,27-,29+,30-,32+,34-,35-,36-,37+/m0/s1. The molecule has 0 saturated carbocycles. The molecule has 0 bridgehead atoms. The summed E-state index contributed by atoms with van der Waals surface area (Å²) in [5.74, 6) is -2.82. The molecule has 4 amide bonds. The van der Waals surface area contributed by atoms with Crippen molar-refractivity contribution in [2.75, 3.05) is 41.9 Å². The van der Waals surface area contributed by atoms with Gasteiger partial charge in [-0.25, -0.2) is 0 Å². The van der Waals surface area contributed by atoms with Gasteiger partial charge in [0.1, 0.15) is 11.8 Å². The highest BCUT2D eigenvalue weighted by Gasteiger charge is 2.43. The Morgan fingerprint density at radius 3 is 2.08 bits per heavy atom. The van der Waals surface area contributed by atoms with E-state index >= 15 is 0 Å². The molecule has 0 aromatic heterocycles. The van der Waals surface area contributed by atoms with Crippen molar-refractivity contribution >= 4 is 29.4 Å². The van der Waals surface area contributed by atoms with Crippen LogP contribution in [-0.2, 0) is 39.9 Å². The van der Waals surface area contributed by atoms with E-state index in [0.29, 0.717) is 25.8 Å². The molecule has 0 unspecified atom stereocenters. The van der Waals surface area contributed by atoms with Gasteiger partial charge in [0, 0.05) is 52.1 Å². The van der Waals surface area contributed by atoms with Crippen molar-refractivity contribution < 1.29 is 33.4 Å². The first kappa shape index (κ1) is 45.8. The molecule has 1 saturated heterocycles. The molecule has 13 heteroatoms. The zero-order valence-electron chi connectivity index (χ0n) is 34.0. The predicted molar refractivity (Wildman–Crippen MR) is 206 cm³/mol. The number of methoxy groups -OCH3 is 2. The first-order valence-electron chi connectivity index (χ1n) is 19.1. The van der Waals surface area contributed by atoms with E-state index in [2.05, 4.69) is 5.32 Å². The largest absolute Gasteiger partial charge is 0.379 e. The van der Waals surface area contributed by atoms with Gasteiger partial charge in [-0.15, -0.1) is 0 Å². The topological polar surface area (TPSA) is 178 Å². The molecule has 10 atom stereocenters. The van der Waals surface area contributed by atoms with Crippen LogP contribution < -0.4 is 16.8 Å². The number of benzene rings is 1. The normalized spacial score (nSPS) is 19.8. The zero-order chi connectivity index (χ0) is 40.2. The second-order valence-electron chi connectivity index (χ2n) is 15.5. The van der Waals surface area contributed by atoms with E-state index in [1.165, 1.54) is 14.2 Å². The van der Waals surface area contributed by atoms with Gasteiger partial charge in [-0.05, 0) is 57.7 Å². The van der Waals surface area contributed by atoms with Gasteiger partial charge in [0.15, 0.2) is 0 Å². The maximum atomic E-state index is 14.2. The molecule has 1 aromatic rings. The highest BCUT2D eigenvalue weighted by Crippen LogP contribution is 2.30. The van der Waals surface area contributed by atoms with E-state index in [0.717, 1.165) is 12.0 Å². The number of rotatable bonds is 22. The lowest BCUT2D eigenvalue weighted by atomic mass is 9.85. The Morgan fingerprint density at radius 2 is 1.58 bits per heavy atom. The van der Waals surface area contributed by atoms with Crippen LogP contribution in [-0.4, -0.2) is 128 Å². The van der Waals surface area contributed by atoms with Crippen molar-refractivity contribution in [1.29, 1.82) is 0 Å². The van der Waals surface area contributed by atoms with Gasteiger partial charge in [0.25, 0.3) is 0 Å². The summed E-state index contributed by atoms with van der Waals surface area (Å²) in [5, 5.41) is 2.91. The van der Waals surface area contributed by atoms with Crippen LogP contribution in [0.3, 0.4) is 0 Å². The van der Waals surface area contributed by atoms with E-state index in [-0.39, 0.29) is 54.2 Å². The Balaban J connectivity index is 2.27. The molecule has 1 aliphatic heterocycles. The molecule has 0 aliphatic carbocycles. The summed E-state index contributed by atoms with van der Waals surface area (Å²) < 4.78 is 11.9. The monoisotopic (exact) mass is 745 g/mol. The van der Waals surface area contributed by atoms with Gasteiger partial charge in [-0.1, -0.05) is 71.4 Å². The van der Waals surface area contributed by atoms with E-state index in [4.69, 9.17) is 20.9 Å². The lowest BCUT2D eigenvalue weighted by molar-refractivity contribution is -0.147. The van der Waals surface area contributed by atoms with Gasteiger partial charge < -0.3 is 36.1 Å². The Morgan fingerprint density at radius 1 is 0.962 bits per heavy atom. The molecule has 0 radical (unpaired) electrons. The van der Waals surface area contributed by atoms with Gasteiger partial charge in [0.05, 0.1) is 36.8 Å². The summed E-state index contributed by atoms with van der Waals surface area (Å²) in [6.07, 6.45) is 1.15. The summed E-state index contributed by atoms with van der Waals surface area (Å²) in [5.41, 5.74) is 13.0. The average Bonchev–Trinajstić information content (AvgIpc) is 3.59. The van der Waals surface area contributed by atoms with Crippen molar-refractivity contribution in [2.24, 2.45) is 35.1 Å². The number of primary amides is 1. The molecule has 2 rings (SSSR count). The van der Waals surface area contributed by atoms with E-state index in [1.54, 1.807) is 30.7 Å². The lowest BCUT2D eigenvalue weighted by Gasteiger charge is -2.41. The van der Waals surface area contributed by atoms with E-state index < -0.39 is 54.1 Å². The Kier molecular flexibility index (Phi) is 18.6. The minimum atomic E-state index is -0.986. The molecular weight excluding hydrogens is 676 g/mol. The maximum Gasteiger partial charge on any atom is 0.246 e. The number of amides is 4. The SMILES string of the molecule is CC[C@H](C)[C@@H]([C@@H](CC(=O)N1CCC[C@H]1[C@H](OC)[C@@H](C)C(=O)C[C@@H](Cc1ccccc1)C(N)=O)OC)N(C)C(=O)[C@@H](NC(=O)[C@H](C(C)C)N(C)C)[C@H](C)N. The number of carbonyl (C=O) groups excluding carboxylic acids is 5. The van der Waals surface area contributed by atoms with Crippen LogP contribution in [0.2, 0.25) is 0 Å². The number of likely N-dealkylation sites (N-methyl/N-ethyl adjacent to an activating group) is 2. The van der Waals surface area contributed by atoms with E-state index in [9.17, 15) is 24.0 Å². The fourth-order valence-corrected chi connectivity index (χ4v) is 7.95. The fourth-order valence-electron chi connectivity index (χ4n) is 7.95. The van der Waals surface area contributed by atoms with Crippen LogP contribution in [0, 0.1) is 23.7 Å². The third kappa shape index (κ3) is 12.3. The van der Waals surface area contributed by atoms with E-state index in [1.807, 2.05) is 77.0 Å². The number of hydrogen-bond acceptors (Lipinski definition) is 9. The van der Waals surface area contributed by atoms with Crippen LogP contribution in [0.1, 0.15) is 79.2 Å². The lowest BCUT2D eigenvalue weighted by Crippen LogP contribution is -2.62. The second kappa shape index (κ2) is 21.5. The summed E-state index contributed by atoms with van der Waals surface area (Å²) in [4.78, 5) is 72.8. The Bertz CT molecular complexity index is 1330. The van der Waals surface area contributed by atoms with Gasteiger partial charge in [-0.2, -0.15) is 0 Å². The minimum Gasteiger partial charge on any atom is -0.379 e. The van der Waals surface area contributed by atoms with Crippen LogP contribution >= 0.6 is 0 Å². The molecule has 1 aliphatic rings. The molecule has 1 fully saturated rings. The average molecular weight is 745 g/mol. The number of ketones is 1. The fraction of sp³-hybridized carbons (Fsp3) is 0.725. The first-order chi connectivity index (χ1) is 24.9. The van der Waals surface area contributed by atoms with Crippen LogP contribution in [0.5, 0.6) is 0 Å². The molecule has 1 heterocycles. The van der Waals surface area contributed by atoms with Gasteiger partial charge in [0.2, 0.25) is 23.6 Å². The first-order valence-corrected chi connectivity index (χ1v) is 19.1. The Hall–Kier alpha value is -3.39. The van der Waals surface area contributed by atoms with Crippen molar-refractivity contribution in [2.45, 2.75) is 122 Å². The van der Waals surface area contributed by atoms with Crippen LogP contribution in [0.25, 0.3) is 0 Å². The Labute approximate surface area is 317 Å². The van der Waals surface area contributed by atoms with Crippen molar-refractivity contribution in [3.8, 4) is 0 Å². The smallest absolute Gasteiger partial charge is 0.246 e. The molecular formula is C40H68N6O7. The summed E-state index contributed by atoms with van der Waals surface area (Å²) in [7, 11) is 8.39. The third-order valence-electron chi connectivity index (χ3n) is 11.1. The number of carbonyl (C=O) groups is 5. The summed E-state index contributed by atoms with van der Waals surface area (Å²) in [6.45, 7) is 11.9. The highest BCUT2D eigenvalue weighted by molar-refractivity contribution is 5.91. The van der Waals surface area contributed by atoms with Crippen molar-refractivity contribution in [1.82, 2.24) is 20.0 Å². The predicted octanol–water partition coefficient (Wildman–Crippen LogP) is 2.63. The van der Waals surface area contributed by atoms with Gasteiger partial charge >= 0.3 is 0 Å². The number of hydrogen-bond donors (Lipinski definition) is 3. The summed E-state index contributed by atoms with van der Waals surface area (Å²) in [6, 6.07) is 6.46. The van der Waals surface area contributed by atoms with Gasteiger partial charge in [-0.3, -0.25) is 28.9 Å². The highest BCUT2D eigenvalue weighted by atomic mass is 16.5. The van der Waals surface area contributed by atoms with Crippen molar-refractivity contribution in [3.63, 3.8) is 0 Å². The molecule has 0 spiro atoms. The number of nitrogens with one attached hydrogen (secondary N) is 1. The molecule has 1 aromatic carbocycles. The summed E-state index contributed by atoms with van der Waals surface area (Å²) >= 11 is 0. The number of Topliss-reactive ketones (excluding diaryl/α,β-unsaturated/α-hetero) is 1. The quantitative estimate of drug-likeness (QED) is 0.161. The number of nitrogens with two attached hydrogens (primary N) is 2. The minimum absolute atomic E-state index is 0.00299.